The molecule has 0 saturated carbocycles. The van der Waals surface area contributed by atoms with Gasteiger partial charge in [0.2, 0.25) is 6.41 Å². The lowest BCUT2D eigenvalue weighted by Crippen LogP contribution is -2.29. The maximum absolute atomic E-state index is 10.7. The third kappa shape index (κ3) is 4.36. The highest BCUT2D eigenvalue weighted by Gasteiger charge is 2.05. The van der Waals surface area contributed by atoms with Crippen LogP contribution in [0.4, 0.5) is 0 Å². The second-order valence-electron chi connectivity index (χ2n) is 1.97. The van der Waals surface area contributed by atoms with Crippen LogP contribution < -0.4 is 0 Å². The third-order valence-corrected chi connectivity index (χ3v) is 1.19. The molecule has 0 radical (unpaired) electrons. The number of ether oxygens (including phenoxy) is 1. The van der Waals surface area contributed by atoms with Crippen molar-refractivity contribution in [2.75, 3.05) is 19.7 Å². The van der Waals surface area contributed by atoms with Crippen LogP contribution in [0.1, 0.15) is 13.8 Å². The summed E-state index contributed by atoms with van der Waals surface area (Å²) < 4.78 is 4.64. The summed E-state index contributed by atoms with van der Waals surface area (Å²) in [7, 11) is 0. The molecule has 0 atom stereocenters. The molecule has 0 spiro atoms. The van der Waals surface area contributed by atoms with Crippen molar-refractivity contribution in [1.82, 2.24) is 4.90 Å². The highest BCUT2D eigenvalue weighted by molar-refractivity contribution is 5.74. The first-order valence-corrected chi connectivity index (χ1v) is 3.59. The van der Waals surface area contributed by atoms with Gasteiger partial charge >= 0.3 is 5.97 Å². The van der Waals surface area contributed by atoms with E-state index in [-0.39, 0.29) is 12.5 Å². The zero-order chi connectivity index (χ0) is 8.69. The van der Waals surface area contributed by atoms with E-state index in [4.69, 9.17) is 0 Å². The number of carbonyl (C=O) groups is 2. The van der Waals surface area contributed by atoms with E-state index in [2.05, 4.69) is 4.74 Å². The molecule has 0 aliphatic heterocycles. The van der Waals surface area contributed by atoms with Crippen LogP contribution in [0.15, 0.2) is 0 Å². The van der Waals surface area contributed by atoms with Crippen LogP contribution in [0.25, 0.3) is 0 Å². The molecule has 0 N–H and O–H groups in total. The minimum Gasteiger partial charge on any atom is -0.465 e. The summed E-state index contributed by atoms with van der Waals surface area (Å²) >= 11 is 0. The van der Waals surface area contributed by atoms with Crippen LogP contribution in [0.5, 0.6) is 0 Å². The summed E-state index contributed by atoms with van der Waals surface area (Å²) in [5.74, 6) is -0.360. The number of rotatable bonds is 5. The molecule has 0 heterocycles. The maximum atomic E-state index is 10.7. The summed E-state index contributed by atoms with van der Waals surface area (Å²) in [5, 5.41) is 0. The minimum atomic E-state index is -0.360. The van der Waals surface area contributed by atoms with Gasteiger partial charge in [0.1, 0.15) is 6.54 Å². The van der Waals surface area contributed by atoms with Crippen molar-refractivity contribution in [2.24, 2.45) is 0 Å². The third-order valence-electron chi connectivity index (χ3n) is 1.19. The first-order valence-electron chi connectivity index (χ1n) is 3.59. The molecule has 0 fully saturated rings. The van der Waals surface area contributed by atoms with Gasteiger partial charge in [0.15, 0.2) is 0 Å². The number of hydrogen-bond donors (Lipinski definition) is 0. The van der Waals surface area contributed by atoms with Crippen LogP contribution in [0.2, 0.25) is 0 Å². The van der Waals surface area contributed by atoms with Crippen LogP contribution in [-0.4, -0.2) is 37.0 Å². The van der Waals surface area contributed by atoms with Gasteiger partial charge in [-0.1, -0.05) is 0 Å². The summed E-state index contributed by atoms with van der Waals surface area (Å²) in [5.41, 5.74) is 0. The van der Waals surface area contributed by atoms with Crippen LogP contribution >= 0.6 is 0 Å². The Morgan fingerprint density at radius 2 is 2.18 bits per heavy atom. The fourth-order valence-electron chi connectivity index (χ4n) is 0.596. The quantitative estimate of drug-likeness (QED) is 0.420. The molecule has 0 unspecified atom stereocenters. The zero-order valence-corrected chi connectivity index (χ0v) is 6.87. The minimum absolute atomic E-state index is 0.0494. The largest absolute Gasteiger partial charge is 0.465 e. The molecule has 0 rings (SSSR count). The van der Waals surface area contributed by atoms with Gasteiger partial charge in [-0.2, -0.15) is 0 Å². The van der Waals surface area contributed by atoms with Crippen molar-refractivity contribution in [2.45, 2.75) is 13.8 Å². The molecular formula is C7H13NO3. The average Bonchev–Trinajstić information content (AvgIpc) is 2.01. The second kappa shape index (κ2) is 5.70. The normalized spacial score (nSPS) is 8.91. The molecule has 0 aliphatic carbocycles. The van der Waals surface area contributed by atoms with Crippen molar-refractivity contribution < 1.29 is 14.3 Å². The van der Waals surface area contributed by atoms with E-state index in [0.29, 0.717) is 19.6 Å². The predicted octanol–water partition coefficient (Wildman–Crippen LogP) is 0.0278. The highest BCUT2D eigenvalue weighted by Crippen LogP contribution is 1.84. The number of amides is 1. The average molecular weight is 159 g/mol. The highest BCUT2D eigenvalue weighted by atomic mass is 16.5. The Bertz CT molecular complexity index is 136. The lowest BCUT2D eigenvalue weighted by molar-refractivity contribution is -0.146. The van der Waals surface area contributed by atoms with Crippen molar-refractivity contribution >= 4 is 12.4 Å². The van der Waals surface area contributed by atoms with E-state index >= 15 is 0 Å². The first-order chi connectivity index (χ1) is 5.24. The number of hydrogen-bond acceptors (Lipinski definition) is 3. The summed E-state index contributed by atoms with van der Waals surface area (Å²) in [6.45, 7) is 4.47. The SMILES string of the molecule is CCOC(=O)CN(C=O)CC. The van der Waals surface area contributed by atoms with Gasteiger partial charge in [0, 0.05) is 6.54 Å². The van der Waals surface area contributed by atoms with Crippen molar-refractivity contribution in [3.05, 3.63) is 0 Å². The van der Waals surface area contributed by atoms with Crippen LogP contribution in [0, 0.1) is 0 Å². The van der Waals surface area contributed by atoms with Gasteiger partial charge < -0.3 is 9.64 Å². The van der Waals surface area contributed by atoms with Gasteiger partial charge in [0.05, 0.1) is 6.61 Å². The zero-order valence-electron chi connectivity index (χ0n) is 6.87. The Hall–Kier alpha value is -1.06. The van der Waals surface area contributed by atoms with Crippen molar-refractivity contribution in [3.8, 4) is 0 Å². The van der Waals surface area contributed by atoms with Crippen molar-refractivity contribution in [1.29, 1.82) is 0 Å². The number of esters is 1. The molecule has 4 nitrogen and oxygen atoms in total. The Labute approximate surface area is 66.1 Å². The van der Waals surface area contributed by atoms with E-state index in [1.54, 1.807) is 13.8 Å². The fraction of sp³-hybridized carbons (Fsp3) is 0.714. The predicted molar refractivity (Wildman–Crippen MR) is 39.9 cm³/mol. The standard InChI is InChI=1S/C7H13NO3/c1-3-8(6-9)5-7(10)11-4-2/h6H,3-5H2,1-2H3. The fourth-order valence-corrected chi connectivity index (χ4v) is 0.596. The van der Waals surface area contributed by atoms with Gasteiger partial charge in [0.25, 0.3) is 0 Å². The van der Waals surface area contributed by atoms with Crippen LogP contribution in [0.3, 0.4) is 0 Å². The molecule has 0 bridgehead atoms. The van der Waals surface area contributed by atoms with E-state index in [1.165, 1.54) is 4.90 Å². The van der Waals surface area contributed by atoms with E-state index < -0.39 is 0 Å². The maximum Gasteiger partial charge on any atom is 0.325 e. The summed E-state index contributed by atoms with van der Waals surface area (Å²) in [4.78, 5) is 22.3. The summed E-state index contributed by atoms with van der Waals surface area (Å²) in [6, 6.07) is 0. The van der Waals surface area contributed by atoms with E-state index in [9.17, 15) is 9.59 Å². The molecule has 0 saturated heterocycles. The van der Waals surface area contributed by atoms with Gasteiger partial charge in [-0.05, 0) is 13.8 Å². The van der Waals surface area contributed by atoms with Gasteiger partial charge in [-0.3, -0.25) is 9.59 Å². The molecule has 0 aromatic carbocycles. The lowest BCUT2D eigenvalue weighted by Gasteiger charge is -2.12. The smallest absolute Gasteiger partial charge is 0.325 e. The molecular weight excluding hydrogens is 146 g/mol. The molecule has 0 aromatic heterocycles. The van der Waals surface area contributed by atoms with E-state index in [1.807, 2.05) is 0 Å². The second-order valence-corrected chi connectivity index (χ2v) is 1.97. The van der Waals surface area contributed by atoms with Crippen LogP contribution in [-0.2, 0) is 14.3 Å². The Morgan fingerprint density at radius 1 is 1.55 bits per heavy atom. The van der Waals surface area contributed by atoms with E-state index in [0.717, 1.165) is 0 Å². The Balaban J connectivity index is 3.62. The number of carbonyl (C=O) groups excluding carboxylic acids is 2. The molecule has 4 heteroatoms. The Morgan fingerprint density at radius 3 is 2.55 bits per heavy atom. The molecule has 64 valence electrons. The van der Waals surface area contributed by atoms with Gasteiger partial charge in [-0.15, -0.1) is 0 Å². The van der Waals surface area contributed by atoms with Gasteiger partial charge in [-0.25, -0.2) is 0 Å². The summed E-state index contributed by atoms with van der Waals surface area (Å²) in [6.07, 6.45) is 0.636. The molecule has 0 aliphatic rings. The topological polar surface area (TPSA) is 46.6 Å². The molecule has 11 heavy (non-hydrogen) atoms. The monoisotopic (exact) mass is 159 g/mol. The lowest BCUT2D eigenvalue weighted by atomic mass is 10.5. The number of nitrogens with zero attached hydrogens (tertiary/aromatic N) is 1. The Kier molecular flexibility index (Phi) is 5.15. The molecule has 1 amide bonds. The first kappa shape index (κ1) is 9.94. The molecule has 0 aromatic rings. The number of likely N-dealkylation sites (N-methyl/N-ethyl adjacent to an activating group) is 1. The van der Waals surface area contributed by atoms with Crippen molar-refractivity contribution in [3.63, 3.8) is 0 Å².